The van der Waals surface area contributed by atoms with Crippen molar-refractivity contribution in [3.05, 3.63) is 35.9 Å². The van der Waals surface area contributed by atoms with Crippen LogP contribution in [0.1, 0.15) is 31.7 Å². The van der Waals surface area contributed by atoms with Crippen molar-refractivity contribution in [3.63, 3.8) is 0 Å². The van der Waals surface area contributed by atoms with E-state index in [1.165, 1.54) is 6.42 Å². The fourth-order valence-corrected chi connectivity index (χ4v) is 2.56. The van der Waals surface area contributed by atoms with Gasteiger partial charge in [0.15, 0.2) is 0 Å². The quantitative estimate of drug-likeness (QED) is 0.763. The first-order valence-electron chi connectivity index (χ1n) is 7.22. The van der Waals surface area contributed by atoms with E-state index in [1.807, 2.05) is 30.3 Å². The second-order valence-electron chi connectivity index (χ2n) is 5.21. The Hall–Kier alpha value is -1.35. The summed E-state index contributed by atoms with van der Waals surface area (Å²) < 4.78 is 5.41. The lowest BCUT2D eigenvalue weighted by Crippen LogP contribution is -2.37. The zero-order chi connectivity index (χ0) is 13.5. The number of benzene rings is 1. The summed E-state index contributed by atoms with van der Waals surface area (Å²) in [6.45, 7) is 5.79. The number of rotatable bonds is 5. The monoisotopic (exact) mass is 261 g/mol. The van der Waals surface area contributed by atoms with Crippen molar-refractivity contribution >= 4 is 5.97 Å². The fraction of sp³-hybridized carbons (Fsp3) is 0.562. The van der Waals surface area contributed by atoms with Gasteiger partial charge in [-0.2, -0.15) is 0 Å². The molecule has 1 aromatic rings. The van der Waals surface area contributed by atoms with Crippen molar-refractivity contribution in [2.24, 2.45) is 5.92 Å². The lowest BCUT2D eigenvalue weighted by Gasteiger charge is -2.30. The summed E-state index contributed by atoms with van der Waals surface area (Å²) in [4.78, 5) is 14.4. The van der Waals surface area contributed by atoms with Crippen LogP contribution in [0, 0.1) is 5.92 Å². The van der Waals surface area contributed by atoms with E-state index in [2.05, 4.69) is 11.8 Å². The molecule has 1 aliphatic rings. The molecule has 0 atom stereocenters. The Bertz CT molecular complexity index is 383. The predicted octanol–water partition coefficient (Wildman–Crippen LogP) is 2.85. The topological polar surface area (TPSA) is 29.5 Å². The van der Waals surface area contributed by atoms with Gasteiger partial charge in [-0.1, -0.05) is 37.3 Å². The number of carbonyl (C=O) groups excluding carboxylic acids is 1. The molecule has 1 saturated heterocycles. The van der Waals surface area contributed by atoms with Gasteiger partial charge in [0.1, 0.15) is 6.61 Å². The Morgan fingerprint density at radius 1 is 1.26 bits per heavy atom. The summed E-state index contributed by atoms with van der Waals surface area (Å²) in [5, 5.41) is 0. The number of hydrogen-bond acceptors (Lipinski definition) is 3. The molecule has 0 N–H and O–H groups in total. The lowest BCUT2D eigenvalue weighted by atomic mass is 9.97. The number of piperidine rings is 1. The summed E-state index contributed by atoms with van der Waals surface area (Å²) in [6, 6.07) is 9.86. The van der Waals surface area contributed by atoms with Crippen LogP contribution in [-0.2, 0) is 16.1 Å². The van der Waals surface area contributed by atoms with Crippen molar-refractivity contribution in [1.29, 1.82) is 0 Å². The number of hydrogen-bond donors (Lipinski definition) is 0. The SMILES string of the molecule is CCCN1CCC(C(=O)OCc2ccccc2)CC1. The minimum Gasteiger partial charge on any atom is -0.461 e. The maximum atomic E-state index is 12.0. The molecule has 1 aromatic carbocycles. The molecule has 104 valence electrons. The molecule has 0 aliphatic carbocycles. The molecule has 0 bridgehead atoms. The van der Waals surface area contributed by atoms with Gasteiger partial charge >= 0.3 is 5.97 Å². The molecule has 0 amide bonds. The van der Waals surface area contributed by atoms with Gasteiger partial charge in [-0.05, 0) is 44.5 Å². The average Bonchev–Trinajstić information content (AvgIpc) is 2.47. The Labute approximate surface area is 115 Å². The molecule has 19 heavy (non-hydrogen) atoms. The van der Waals surface area contributed by atoms with Gasteiger partial charge in [0.05, 0.1) is 5.92 Å². The summed E-state index contributed by atoms with van der Waals surface area (Å²) in [7, 11) is 0. The van der Waals surface area contributed by atoms with Crippen LogP contribution in [0.3, 0.4) is 0 Å². The Morgan fingerprint density at radius 3 is 2.58 bits per heavy atom. The Balaban J connectivity index is 1.73. The third-order valence-electron chi connectivity index (χ3n) is 3.68. The molecule has 1 aliphatic heterocycles. The van der Waals surface area contributed by atoms with E-state index in [-0.39, 0.29) is 11.9 Å². The van der Waals surface area contributed by atoms with E-state index in [0.717, 1.165) is 38.0 Å². The summed E-state index contributed by atoms with van der Waals surface area (Å²) in [5.74, 6) is 0.0665. The maximum Gasteiger partial charge on any atom is 0.309 e. The molecule has 1 fully saturated rings. The molecule has 3 heteroatoms. The summed E-state index contributed by atoms with van der Waals surface area (Å²) >= 11 is 0. The second-order valence-corrected chi connectivity index (χ2v) is 5.21. The molecule has 0 aromatic heterocycles. The third kappa shape index (κ3) is 4.35. The molecule has 3 nitrogen and oxygen atoms in total. The molecule has 0 radical (unpaired) electrons. The highest BCUT2D eigenvalue weighted by Gasteiger charge is 2.25. The van der Waals surface area contributed by atoms with Crippen molar-refractivity contribution in [1.82, 2.24) is 4.90 Å². The molecule has 0 unspecified atom stereocenters. The molecule has 0 spiro atoms. The van der Waals surface area contributed by atoms with Gasteiger partial charge < -0.3 is 9.64 Å². The van der Waals surface area contributed by atoms with Crippen molar-refractivity contribution in [2.75, 3.05) is 19.6 Å². The normalized spacial score (nSPS) is 17.3. The van der Waals surface area contributed by atoms with Gasteiger partial charge in [0, 0.05) is 0 Å². The maximum absolute atomic E-state index is 12.0. The highest BCUT2D eigenvalue weighted by atomic mass is 16.5. The van der Waals surface area contributed by atoms with Crippen LogP contribution in [0.5, 0.6) is 0 Å². The first-order chi connectivity index (χ1) is 9.29. The van der Waals surface area contributed by atoms with E-state index >= 15 is 0 Å². The van der Waals surface area contributed by atoms with Crippen LogP contribution in [-0.4, -0.2) is 30.5 Å². The number of ether oxygens (including phenoxy) is 1. The van der Waals surface area contributed by atoms with Gasteiger partial charge in [-0.25, -0.2) is 0 Å². The van der Waals surface area contributed by atoms with Gasteiger partial charge in [-0.3, -0.25) is 4.79 Å². The Kier molecular flexibility index (Phi) is 5.40. The van der Waals surface area contributed by atoms with Crippen LogP contribution < -0.4 is 0 Å². The fourth-order valence-electron chi connectivity index (χ4n) is 2.56. The standard InChI is InChI=1S/C16H23NO2/c1-2-10-17-11-8-15(9-12-17)16(18)19-13-14-6-4-3-5-7-14/h3-7,15H,2,8-13H2,1H3. The number of esters is 1. The van der Waals surface area contributed by atoms with Crippen LogP contribution in [0.2, 0.25) is 0 Å². The van der Waals surface area contributed by atoms with Crippen molar-refractivity contribution < 1.29 is 9.53 Å². The first-order valence-corrected chi connectivity index (χ1v) is 7.22. The minimum atomic E-state index is -0.0278. The number of likely N-dealkylation sites (tertiary alicyclic amines) is 1. The summed E-state index contributed by atoms with van der Waals surface area (Å²) in [5.41, 5.74) is 1.05. The van der Waals surface area contributed by atoms with Crippen molar-refractivity contribution in [2.45, 2.75) is 32.8 Å². The van der Waals surface area contributed by atoms with E-state index < -0.39 is 0 Å². The van der Waals surface area contributed by atoms with E-state index in [0.29, 0.717) is 6.61 Å². The Morgan fingerprint density at radius 2 is 1.95 bits per heavy atom. The van der Waals surface area contributed by atoms with Gasteiger partial charge in [0.2, 0.25) is 0 Å². The zero-order valence-corrected chi connectivity index (χ0v) is 11.7. The van der Waals surface area contributed by atoms with Gasteiger partial charge in [0.25, 0.3) is 0 Å². The molecule has 2 rings (SSSR count). The predicted molar refractivity (Wildman–Crippen MR) is 75.7 cm³/mol. The molecular weight excluding hydrogens is 238 g/mol. The first kappa shape index (κ1) is 14.1. The smallest absolute Gasteiger partial charge is 0.309 e. The molecular formula is C16H23NO2. The minimum absolute atomic E-state index is 0.0278. The van der Waals surface area contributed by atoms with Crippen molar-refractivity contribution in [3.8, 4) is 0 Å². The van der Waals surface area contributed by atoms with Crippen LogP contribution in [0.25, 0.3) is 0 Å². The van der Waals surface area contributed by atoms with E-state index in [4.69, 9.17) is 4.74 Å². The summed E-state index contributed by atoms with van der Waals surface area (Å²) in [6.07, 6.45) is 3.06. The van der Waals surface area contributed by atoms with Gasteiger partial charge in [-0.15, -0.1) is 0 Å². The molecule has 1 heterocycles. The number of nitrogens with zero attached hydrogens (tertiary/aromatic N) is 1. The molecule has 0 saturated carbocycles. The van der Waals surface area contributed by atoms with Crippen LogP contribution >= 0.6 is 0 Å². The lowest BCUT2D eigenvalue weighted by molar-refractivity contribution is -0.151. The average molecular weight is 261 g/mol. The highest BCUT2D eigenvalue weighted by molar-refractivity contribution is 5.72. The van der Waals surface area contributed by atoms with E-state index in [1.54, 1.807) is 0 Å². The second kappa shape index (κ2) is 7.29. The van der Waals surface area contributed by atoms with E-state index in [9.17, 15) is 4.79 Å². The zero-order valence-electron chi connectivity index (χ0n) is 11.7. The van der Waals surface area contributed by atoms with Crippen LogP contribution in [0.15, 0.2) is 30.3 Å². The van der Waals surface area contributed by atoms with Crippen LogP contribution in [0.4, 0.5) is 0 Å². The highest BCUT2D eigenvalue weighted by Crippen LogP contribution is 2.19. The largest absolute Gasteiger partial charge is 0.461 e. The number of carbonyl (C=O) groups is 1. The third-order valence-corrected chi connectivity index (χ3v) is 3.68.